The van der Waals surface area contributed by atoms with Crippen molar-refractivity contribution in [2.75, 3.05) is 0 Å². The maximum atomic E-state index is 11.5. The number of aryl methyl sites for hydroxylation is 1. The van der Waals surface area contributed by atoms with Crippen molar-refractivity contribution in [2.24, 2.45) is 0 Å². The number of aromatic nitrogens is 2. The summed E-state index contributed by atoms with van der Waals surface area (Å²) < 4.78 is 0. The van der Waals surface area contributed by atoms with Crippen LogP contribution in [0.2, 0.25) is 5.02 Å². The first kappa shape index (κ1) is 14.7. The fourth-order valence-corrected chi connectivity index (χ4v) is 2.60. The molecule has 3 aromatic rings. The number of nitrogens with zero attached hydrogens (tertiary/aromatic N) is 2. The normalized spacial score (nSPS) is 13.6. The van der Waals surface area contributed by atoms with Gasteiger partial charge in [0.15, 0.2) is 0 Å². The van der Waals surface area contributed by atoms with Crippen molar-refractivity contribution in [3.63, 3.8) is 0 Å². The lowest BCUT2D eigenvalue weighted by atomic mass is 9.81. The SMILES string of the molecule is Cc1ccc(C(O)(c2ccc(Cl)cc2)c2cncnc2)cc1. The van der Waals surface area contributed by atoms with Crippen molar-refractivity contribution >= 4 is 11.6 Å². The molecule has 3 nitrogen and oxygen atoms in total. The second kappa shape index (κ2) is 5.87. The summed E-state index contributed by atoms with van der Waals surface area (Å²) in [6, 6.07) is 14.9. The molecule has 0 radical (unpaired) electrons. The maximum Gasteiger partial charge on any atom is 0.143 e. The number of rotatable bonds is 3. The van der Waals surface area contributed by atoms with E-state index in [0.29, 0.717) is 10.6 Å². The zero-order valence-electron chi connectivity index (χ0n) is 12.1. The molecule has 0 fully saturated rings. The average Bonchev–Trinajstić information content (AvgIpc) is 2.56. The van der Waals surface area contributed by atoms with Crippen LogP contribution in [0.5, 0.6) is 0 Å². The monoisotopic (exact) mass is 310 g/mol. The summed E-state index contributed by atoms with van der Waals surface area (Å²) in [6.45, 7) is 2.01. The van der Waals surface area contributed by atoms with Crippen LogP contribution >= 0.6 is 11.6 Å². The van der Waals surface area contributed by atoms with Crippen molar-refractivity contribution in [3.8, 4) is 0 Å². The molecular weight excluding hydrogens is 296 g/mol. The Labute approximate surface area is 134 Å². The van der Waals surface area contributed by atoms with Crippen LogP contribution in [-0.2, 0) is 5.60 Å². The molecule has 0 saturated carbocycles. The second-order valence-electron chi connectivity index (χ2n) is 5.21. The molecule has 0 bridgehead atoms. The summed E-state index contributed by atoms with van der Waals surface area (Å²) >= 11 is 5.97. The van der Waals surface area contributed by atoms with Crippen molar-refractivity contribution in [1.82, 2.24) is 9.97 Å². The Morgan fingerprint density at radius 2 is 1.32 bits per heavy atom. The van der Waals surface area contributed by atoms with Crippen LogP contribution in [0.15, 0.2) is 67.3 Å². The predicted molar refractivity (Wildman–Crippen MR) is 86.8 cm³/mol. The van der Waals surface area contributed by atoms with E-state index in [4.69, 9.17) is 11.6 Å². The van der Waals surface area contributed by atoms with Crippen molar-refractivity contribution < 1.29 is 5.11 Å². The molecule has 0 amide bonds. The van der Waals surface area contributed by atoms with Gasteiger partial charge in [0, 0.05) is 23.0 Å². The minimum absolute atomic E-state index is 0.612. The lowest BCUT2D eigenvalue weighted by Crippen LogP contribution is -2.29. The van der Waals surface area contributed by atoms with E-state index in [2.05, 4.69) is 9.97 Å². The first-order valence-corrected chi connectivity index (χ1v) is 7.29. The molecule has 0 aliphatic carbocycles. The van der Waals surface area contributed by atoms with Crippen LogP contribution in [0.25, 0.3) is 0 Å². The van der Waals surface area contributed by atoms with Gasteiger partial charge in [-0.1, -0.05) is 53.6 Å². The van der Waals surface area contributed by atoms with Crippen LogP contribution in [0, 0.1) is 6.92 Å². The van der Waals surface area contributed by atoms with Gasteiger partial charge in [-0.3, -0.25) is 0 Å². The van der Waals surface area contributed by atoms with Gasteiger partial charge in [0.25, 0.3) is 0 Å². The highest BCUT2D eigenvalue weighted by molar-refractivity contribution is 6.30. The Morgan fingerprint density at radius 3 is 1.86 bits per heavy atom. The van der Waals surface area contributed by atoms with Gasteiger partial charge in [-0.15, -0.1) is 0 Å². The van der Waals surface area contributed by atoms with Crippen LogP contribution in [0.4, 0.5) is 0 Å². The average molecular weight is 311 g/mol. The van der Waals surface area contributed by atoms with Crippen molar-refractivity contribution in [2.45, 2.75) is 12.5 Å². The fourth-order valence-electron chi connectivity index (χ4n) is 2.47. The number of hydrogen-bond acceptors (Lipinski definition) is 3. The summed E-state index contributed by atoms with van der Waals surface area (Å²) in [7, 11) is 0. The second-order valence-corrected chi connectivity index (χ2v) is 5.65. The minimum atomic E-state index is -1.32. The van der Waals surface area contributed by atoms with Gasteiger partial charge in [-0.2, -0.15) is 0 Å². The van der Waals surface area contributed by atoms with E-state index in [9.17, 15) is 5.11 Å². The minimum Gasteiger partial charge on any atom is -0.376 e. The highest BCUT2D eigenvalue weighted by atomic mass is 35.5. The molecule has 4 heteroatoms. The Kier molecular flexibility index (Phi) is 3.92. The van der Waals surface area contributed by atoms with Gasteiger partial charge < -0.3 is 5.11 Å². The number of aliphatic hydroxyl groups is 1. The predicted octanol–water partition coefficient (Wildman–Crippen LogP) is 3.72. The highest BCUT2D eigenvalue weighted by Gasteiger charge is 2.34. The molecular formula is C18H15ClN2O. The van der Waals surface area contributed by atoms with Crippen molar-refractivity contribution in [1.29, 1.82) is 0 Å². The largest absolute Gasteiger partial charge is 0.376 e. The van der Waals surface area contributed by atoms with E-state index in [1.807, 2.05) is 43.3 Å². The Morgan fingerprint density at radius 1 is 0.818 bits per heavy atom. The van der Waals surface area contributed by atoms with Gasteiger partial charge in [0.1, 0.15) is 11.9 Å². The Balaban J connectivity index is 2.22. The van der Waals surface area contributed by atoms with E-state index in [1.54, 1.807) is 24.5 Å². The molecule has 1 unspecified atom stereocenters. The summed E-state index contributed by atoms with van der Waals surface area (Å²) in [5, 5.41) is 12.1. The van der Waals surface area contributed by atoms with Crippen molar-refractivity contribution in [3.05, 3.63) is 94.5 Å². The third kappa shape index (κ3) is 2.61. The summed E-state index contributed by atoms with van der Waals surface area (Å²) in [6.07, 6.45) is 4.70. The van der Waals surface area contributed by atoms with Crippen LogP contribution in [0.1, 0.15) is 22.3 Å². The van der Waals surface area contributed by atoms with E-state index in [0.717, 1.165) is 16.7 Å². The quantitative estimate of drug-likeness (QED) is 0.802. The number of benzene rings is 2. The third-order valence-corrected chi connectivity index (χ3v) is 3.96. The maximum absolute atomic E-state index is 11.5. The molecule has 0 spiro atoms. The Bertz CT molecular complexity index is 710. The van der Waals surface area contributed by atoms with Gasteiger partial charge in [-0.05, 0) is 30.2 Å². The number of halogens is 1. The van der Waals surface area contributed by atoms with Crippen LogP contribution < -0.4 is 0 Å². The molecule has 2 aromatic carbocycles. The smallest absolute Gasteiger partial charge is 0.143 e. The molecule has 0 aliphatic heterocycles. The fraction of sp³-hybridized carbons (Fsp3) is 0.111. The zero-order valence-corrected chi connectivity index (χ0v) is 12.8. The van der Waals surface area contributed by atoms with Gasteiger partial charge in [0.2, 0.25) is 0 Å². The molecule has 1 N–H and O–H groups in total. The van der Waals surface area contributed by atoms with Gasteiger partial charge in [0.05, 0.1) is 0 Å². The van der Waals surface area contributed by atoms with E-state index in [-0.39, 0.29) is 0 Å². The standard InChI is InChI=1S/C18H15ClN2O/c1-13-2-4-14(5-3-13)18(22,16-10-20-12-21-11-16)15-6-8-17(19)9-7-15/h2-12,22H,1H3. The highest BCUT2D eigenvalue weighted by Crippen LogP contribution is 2.36. The molecule has 0 saturated heterocycles. The third-order valence-electron chi connectivity index (χ3n) is 3.71. The molecule has 22 heavy (non-hydrogen) atoms. The van der Waals surface area contributed by atoms with Crippen LogP contribution in [0.3, 0.4) is 0 Å². The van der Waals surface area contributed by atoms with E-state index in [1.165, 1.54) is 6.33 Å². The topological polar surface area (TPSA) is 46.0 Å². The van der Waals surface area contributed by atoms with Gasteiger partial charge >= 0.3 is 0 Å². The molecule has 1 atom stereocenters. The molecule has 0 aliphatic rings. The summed E-state index contributed by atoms with van der Waals surface area (Å²) in [5.74, 6) is 0. The lowest BCUT2D eigenvalue weighted by molar-refractivity contribution is 0.125. The molecule has 1 heterocycles. The summed E-state index contributed by atoms with van der Waals surface area (Å²) in [4.78, 5) is 8.08. The first-order valence-electron chi connectivity index (χ1n) is 6.92. The lowest BCUT2D eigenvalue weighted by Gasteiger charge is -2.29. The molecule has 3 rings (SSSR count). The molecule has 110 valence electrons. The summed E-state index contributed by atoms with van der Waals surface area (Å²) in [5.41, 5.74) is 1.90. The van der Waals surface area contributed by atoms with Crippen LogP contribution in [-0.4, -0.2) is 15.1 Å². The number of hydrogen-bond donors (Lipinski definition) is 1. The van der Waals surface area contributed by atoms with E-state index >= 15 is 0 Å². The first-order chi connectivity index (χ1) is 10.6. The molecule has 1 aromatic heterocycles. The van der Waals surface area contributed by atoms with E-state index < -0.39 is 5.60 Å². The van der Waals surface area contributed by atoms with Gasteiger partial charge in [-0.25, -0.2) is 9.97 Å². The zero-order chi connectivity index (χ0) is 15.6. The Hall–Kier alpha value is -2.23.